The highest BCUT2D eigenvalue weighted by atomic mass is 19.3. The highest BCUT2D eigenvalue weighted by Crippen LogP contribution is 2.27. The van der Waals surface area contributed by atoms with E-state index < -0.39 is 18.2 Å². The second-order valence-corrected chi connectivity index (χ2v) is 5.10. The number of carbonyl (C=O) groups excluding carboxylic acids is 1. The molecular formula is C18H14F2N3O. The van der Waals surface area contributed by atoms with Gasteiger partial charge in [0.1, 0.15) is 5.69 Å². The molecule has 6 heteroatoms. The van der Waals surface area contributed by atoms with Crippen LogP contribution in [0.4, 0.5) is 25.0 Å². The Hall–Kier alpha value is -3.02. The third-order valence-corrected chi connectivity index (χ3v) is 3.44. The molecule has 0 saturated carbocycles. The van der Waals surface area contributed by atoms with Crippen molar-refractivity contribution in [1.82, 2.24) is 9.78 Å². The molecule has 24 heavy (non-hydrogen) atoms. The molecule has 0 N–H and O–H groups in total. The van der Waals surface area contributed by atoms with Crippen LogP contribution in [0.15, 0.2) is 60.7 Å². The molecule has 0 spiro atoms. The molecule has 1 aromatic heterocycles. The van der Waals surface area contributed by atoms with Gasteiger partial charge >= 0.3 is 6.03 Å². The van der Waals surface area contributed by atoms with Crippen LogP contribution < -0.4 is 4.90 Å². The zero-order valence-electron chi connectivity index (χ0n) is 12.9. The van der Waals surface area contributed by atoms with Gasteiger partial charge < -0.3 is 0 Å². The van der Waals surface area contributed by atoms with E-state index in [-0.39, 0.29) is 5.69 Å². The largest absolute Gasteiger partial charge is 0.354 e. The molecule has 0 aliphatic heterocycles. The number of rotatable bonds is 3. The predicted octanol–water partition coefficient (Wildman–Crippen LogP) is 4.74. The van der Waals surface area contributed by atoms with Crippen molar-refractivity contribution in [3.05, 3.63) is 78.1 Å². The van der Waals surface area contributed by atoms with Crippen molar-refractivity contribution in [2.45, 2.75) is 13.3 Å². The number of hydrogen-bond acceptors (Lipinski definition) is 2. The zero-order valence-corrected chi connectivity index (χ0v) is 12.9. The van der Waals surface area contributed by atoms with E-state index in [1.807, 2.05) is 12.1 Å². The Balaban J connectivity index is 2.08. The highest BCUT2D eigenvalue weighted by Gasteiger charge is 2.24. The number of carbonyl (C=O) groups is 1. The van der Waals surface area contributed by atoms with Crippen molar-refractivity contribution in [2.24, 2.45) is 0 Å². The molecule has 0 atom stereocenters. The first-order valence-electron chi connectivity index (χ1n) is 7.29. The third-order valence-electron chi connectivity index (χ3n) is 3.44. The number of alkyl halides is 2. The summed E-state index contributed by atoms with van der Waals surface area (Å²) >= 11 is 0. The molecule has 3 aromatic rings. The third kappa shape index (κ3) is 3.03. The summed E-state index contributed by atoms with van der Waals surface area (Å²) in [6.45, 7) is 1.52. The lowest BCUT2D eigenvalue weighted by Gasteiger charge is -2.23. The van der Waals surface area contributed by atoms with Crippen LogP contribution in [0.5, 0.6) is 0 Å². The van der Waals surface area contributed by atoms with Crippen molar-refractivity contribution in [3.63, 3.8) is 0 Å². The Bertz CT molecular complexity index is 792. The predicted molar refractivity (Wildman–Crippen MR) is 86.6 cm³/mol. The maximum absolute atomic E-state index is 13.0. The smallest absolute Gasteiger partial charge is 0.261 e. The van der Waals surface area contributed by atoms with E-state index in [9.17, 15) is 13.6 Å². The highest BCUT2D eigenvalue weighted by molar-refractivity contribution is 6.00. The minimum absolute atomic E-state index is 0.229. The number of aromatic nitrogens is 2. The Morgan fingerprint density at radius 3 is 1.96 bits per heavy atom. The fourth-order valence-corrected chi connectivity index (χ4v) is 2.35. The first-order chi connectivity index (χ1) is 11.6. The van der Waals surface area contributed by atoms with Crippen LogP contribution in [0.1, 0.15) is 17.8 Å². The van der Waals surface area contributed by atoms with Gasteiger partial charge in [-0.1, -0.05) is 36.4 Å². The number of hydrogen-bond donors (Lipinski definition) is 0. The van der Waals surface area contributed by atoms with Crippen LogP contribution in [0.3, 0.4) is 0 Å². The standard InChI is InChI=1S/C18H14F2N3O/c1-13-12-16(17(19)20)21-23(13)18(24)22(14-8-4-2-5-9-14)15-10-6-3-7-11-15/h2-11,17H,1H3. The van der Waals surface area contributed by atoms with Crippen LogP contribution in [0.2, 0.25) is 0 Å². The molecule has 0 aliphatic carbocycles. The summed E-state index contributed by atoms with van der Waals surface area (Å²) in [7, 11) is 0. The van der Waals surface area contributed by atoms with Crippen LogP contribution in [-0.2, 0) is 0 Å². The lowest BCUT2D eigenvalue weighted by Crippen LogP contribution is -2.32. The number of benzene rings is 2. The van der Waals surface area contributed by atoms with Gasteiger partial charge in [0.15, 0.2) is 0 Å². The monoisotopic (exact) mass is 326 g/mol. The van der Waals surface area contributed by atoms with E-state index in [4.69, 9.17) is 0 Å². The molecule has 0 fully saturated rings. The Morgan fingerprint density at radius 1 is 1.04 bits per heavy atom. The quantitative estimate of drug-likeness (QED) is 0.697. The molecular weight excluding hydrogens is 312 g/mol. The summed E-state index contributed by atoms with van der Waals surface area (Å²) in [6.07, 6.45) is -2.78. The molecule has 4 nitrogen and oxygen atoms in total. The van der Waals surface area contributed by atoms with Crippen LogP contribution in [0, 0.1) is 13.0 Å². The minimum atomic E-state index is -2.78. The number of halogens is 2. The second-order valence-electron chi connectivity index (χ2n) is 5.10. The molecule has 0 saturated heterocycles. The molecule has 3 rings (SSSR count). The molecule has 2 aromatic carbocycles. The topological polar surface area (TPSA) is 38.1 Å². The summed E-state index contributed by atoms with van der Waals surface area (Å²) < 4.78 is 26.6. The number of nitrogens with zero attached hydrogens (tertiary/aromatic N) is 3. The van der Waals surface area contributed by atoms with Gasteiger partial charge in [-0.3, -0.25) is 4.90 Å². The van der Waals surface area contributed by atoms with Crippen LogP contribution in [-0.4, -0.2) is 15.8 Å². The molecule has 1 amide bonds. The van der Waals surface area contributed by atoms with E-state index >= 15 is 0 Å². The second kappa shape index (κ2) is 6.62. The van der Waals surface area contributed by atoms with Gasteiger partial charge in [0.05, 0.1) is 17.1 Å². The van der Waals surface area contributed by atoms with Gasteiger partial charge in [-0.25, -0.2) is 13.6 Å². The summed E-state index contributed by atoms with van der Waals surface area (Å²) in [6, 6.07) is 19.8. The molecule has 0 unspecified atom stereocenters. The summed E-state index contributed by atoms with van der Waals surface area (Å²) in [5, 5.41) is 3.70. The minimum Gasteiger partial charge on any atom is -0.261 e. The van der Waals surface area contributed by atoms with Gasteiger partial charge in [0.25, 0.3) is 6.43 Å². The summed E-state index contributed by atoms with van der Waals surface area (Å²) in [4.78, 5) is 14.4. The van der Waals surface area contributed by atoms with Crippen molar-refractivity contribution < 1.29 is 13.6 Å². The van der Waals surface area contributed by atoms with Gasteiger partial charge in [0, 0.05) is 6.07 Å². The number of amides is 1. The zero-order chi connectivity index (χ0) is 17.1. The molecule has 1 heterocycles. The van der Waals surface area contributed by atoms with Crippen molar-refractivity contribution in [2.75, 3.05) is 4.90 Å². The Morgan fingerprint density at radius 2 is 1.54 bits per heavy atom. The summed E-state index contributed by atoms with van der Waals surface area (Å²) in [5.41, 5.74) is 0.915. The molecule has 0 aliphatic rings. The molecule has 1 radical (unpaired) electrons. The molecule has 0 bridgehead atoms. The van der Waals surface area contributed by atoms with Crippen molar-refractivity contribution >= 4 is 17.4 Å². The van der Waals surface area contributed by atoms with E-state index in [1.165, 1.54) is 11.8 Å². The average molecular weight is 326 g/mol. The van der Waals surface area contributed by atoms with Gasteiger partial charge in [-0.2, -0.15) is 9.78 Å². The number of anilines is 2. The normalized spacial score (nSPS) is 10.8. The average Bonchev–Trinajstić information content (AvgIpc) is 2.99. The Labute approximate surface area is 138 Å². The van der Waals surface area contributed by atoms with Crippen LogP contribution in [0.25, 0.3) is 0 Å². The van der Waals surface area contributed by atoms with Gasteiger partial charge in [-0.15, -0.1) is 0 Å². The maximum Gasteiger partial charge on any atom is 0.354 e. The summed E-state index contributed by atoms with van der Waals surface area (Å²) in [5.74, 6) is 0. The van der Waals surface area contributed by atoms with E-state index in [0.717, 1.165) is 4.68 Å². The van der Waals surface area contributed by atoms with E-state index in [0.29, 0.717) is 11.4 Å². The van der Waals surface area contributed by atoms with E-state index in [1.54, 1.807) is 48.5 Å². The first kappa shape index (κ1) is 15.9. The van der Waals surface area contributed by atoms with Gasteiger partial charge in [0.2, 0.25) is 0 Å². The van der Waals surface area contributed by atoms with Crippen molar-refractivity contribution in [3.8, 4) is 0 Å². The number of aryl methyl sites for hydroxylation is 1. The van der Waals surface area contributed by atoms with Crippen LogP contribution >= 0.6 is 0 Å². The van der Waals surface area contributed by atoms with Gasteiger partial charge in [-0.05, 0) is 31.2 Å². The molecule has 121 valence electrons. The lowest BCUT2D eigenvalue weighted by atomic mass is 10.2. The lowest BCUT2D eigenvalue weighted by molar-refractivity contribution is 0.145. The first-order valence-corrected chi connectivity index (χ1v) is 7.29. The van der Waals surface area contributed by atoms with Crippen molar-refractivity contribution in [1.29, 1.82) is 0 Å². The number of para-hydroxylation sites is 2. The fourth-order valence-electron chi connectivity index (χ4n) is 2.35. The SMILES string of the molecule is Cc1[c]c(C(F)F)nn1C(=O)N(c1ccccc1)c1ccccc1. The Kier molecular flexibility index (Phi) is 4.37. The van der Waals surface area contributed by atoms with E-state index in [2.05, 4.69) is 11.2 Å². The fraction of sp³-hybridized carbons (Fsp3) is 0.111. The maximum atomic E-state index is 13.0.